The third-order valence-electron chi connectivity index (χ3n) is 7.67. The first-order valence-corrected chi connectivity index (χ1v) is 14.5. The third kappa shape index (κ3) is 8.09. The minimum atomic E-state index is -0.584. The fourth-order valence-electron chi connectivity index (χ4n) is 5.40. The van der Waals surface area contributed by atoms with Crippen molar-refractivity contribution in [2.75, 3.05) is 32.5 Å². The lowest BCUT2D eigenvalue weighted by molar-refractivity contribution is -0.139. The molecule has 3 heterocycles. The molecule has 3 aromatic rings. The van der Waals surface area contributed by atoms with Crippen LogP contribution in [0.3, 0.4) is 0 Å². The number of carbonyl (C=O) groups excluding carboxylic acids is 3. The number of methoxy groups -OCH3 is 1. The van der Waals surface area contributed by atoms with Gasteiger partial charge >= 0.3 is 17.7 Å². The van der Waals surface area contributed by atoms with Crippen LogP contribution in [0.2, 0.25) is 0 Å². The second-order valence-corrected chi connectivity index (χ2v) is 10.7. The average molecular weight is 597 g/mol. The Morgan fingerprint density at radius 3 is 2.58 bits per heavy atom. The van der Waals surface area contributed by atoms with E-state index in [-0.39, 0.29) is 48.3 Å². The van der Waals surface area contributed by atoms with E-state index in [1.807, 2.05) is 36.1 Å². The van der Waals surface area contributed by atoms with Crippen molar-refractivity contribution in [1.29, 1.82) is 0 Å². The molecule has 1 fully saturated rings. The molecule has 2 atom stereocenters. The summed E-state index contributed by atoms with van der Waals surface area (Å²) in [5, 5.41) is 2.88. The summed E-state index contributed by atoms with van der Waals surface area (Å²) in [6, 6.07) is 6.87. The molecule has 1 aliphatic heterocycles. The number of nitrogens with two attached hydrogens (primary N) is 2. The Morgan fingerprint density at radius 1 is 1.14 bits per heavy atom. The van der Waals surface area contributed by atoms with Gasteiger partial charge in [0.1, 0.15) is 5.52 Å². The van der Waals surface area contributed by atoms with Crippen molar-refractivity contribution in [2.45, 2.75) is 64.6 Å². The second kappa shape index (κ2) is 14.6. The van der Waals surface area contributed by atoms with Gasteiger partial charge in [-0.3, -0.25) is 23.9 Å². The molecule has 2 amide bonds. The zero-order valence-corrected chi connectivity index (χ0v) is 24.6. The maximum absolute atomic E-state index is 12.7. The lowest BCUT2D eigenvalue weighted by Crippen LogP contribution is -2.47. The van der Waals surface area contributed by atoms with E-state index < -0.39 is 11.9 Å². The molecule has 0 aliphatic carbocycles. The van der Waals surface area contributed by atoms with E-state index in [9.17, 15) is 19.2 Å². The van der Waals surface area contributed by atoms with E-state index in [0.717, 1.165) is 24.0 Å². The number of imidazole rings is 1. The lowest BCUT2D eigenvalue weighted by Gasteiger charge is -2.25. The Hall–Kier alpha value is -4.46. The van der Waals surface area contributed by atoms with Gasteiger partial charge < -0.3 is 31.2 Å². The van der Waals surface area contributed by atoms with Crippen molar-refractivity contribution in [2.24, 2.45) is 11.7 Å². The van der Waals surface area contributed by atoms with Gasteiger partial charge in [-0.05, 0) is 49.3 Å². The molecule has 0 bridgehead atoms. The van der Waals surface area contributed by atoms with Crippen molar-refractivity contribution in [3.63, 3.8) is 0 Å². The highest BCUT2D eigenvalue weighted by Gasteiger charge is 2.38. The quantitative estimate of drug-likeness (QED) is 0.144. The van der Waals surface area contributed by atoms with Crippen molar-refractivity contribution in [3.8, 4) is 6.01 Å². The van der Waals surface area contributed by atoms with Gasteiger partial charge in [0.25, 0.3) is 0 Å². The number of hydrogen-bond donors (Lipinski definition) is 4. The van der Waals surface area contributed by atoms with Gasteiger partial charge in [-0.15, -0.1) is 0 Å². The molecule has 1 aromatic carbocycles. The van der Waals surface area contributed by atoms with Gasteiger partial charge in [0.15, 0.2) is 11.5 Å². The maximum Gasteiger partial charge on any atom is 0.327 e. The summed E-state index contributed by atoms with van der Waals surface area (Å²) in [4.78, 5) is 62.3. The van der Waals surface area contributed by atoms with Crippen LogP contribution in [0.1, 0.15) is 50.2 Å². The topological polar surface area (TPSA) is 201 Å². The molecule has 6 N–H and O–H groups in total. The molecule has 14 nitrogen and oxygen atoms in total. The summed E-state index contributed by atoms with van der Waals surface area (Å²) in [5.41, 5.74) is 13.9. The summed E-state index contributed by atoms with van der Waals surface area (Å²) < 4.78 is 11.8. The van der Waals surface area contributed by atoms with Gasteiger partial charge in [-0.2, -0.15) is 9.97 Å². The molecule has 0 radical (unpaired) electrons. The van der Waals surface area contributed by atoms with Crippen molar-refractivity contribution in [3.05, 3.63) is 45.9 Å². The first-order valence-electron chi connectivity index (χ1n) is 14.5. The van der Waals surface area contributed by atoms with Gasteiger partial charge in [0.05, 0.1) is 32.7 Å². The zero-order chi connectivity index (χ0) is 30.9. The van der Waals surface area contributed by atoms with E-state index in [4.69, 9.17) is 16.2 Å². The molecule has 1 unspecified atom stereocenters. The van der Waals surface area contributed by atoms with Crippen LogP contribution in [-0.2, 0) is 38.6 Å². The first kappa shape index (κ1) is 31.5. The standard InChI is InChI=1S/C29H40N8O6/c1-3-4-14-43-28-34-25(30)23-27(35-28)37(29(41)33-23)12-5-6-20-11-13-36(24(20)26(31)40)17-21(38)32-16-19-9-7-18(8-10-19)15-22(39)42-2/h7-10,20,24H,3-6,11-17H2,1-2H3,(H2,31,40)(H,32,38)(H,33,41)(H2,30,34,35)/t20?,24-/m0/s1. The molecule has 4 rings (SSSR count). The van der Waals surface area contributed by atoms with E-state index in [1.165, 1.54) is 11.7 Å². The lowest BCUT2D eigenvalue weighted by atomic mass is 9.94. The third-order valence-corrected chi connectivity index (χ3v) is 7.67. The molecule has 0 spiro atoms. The van der Waals surface area contributed by atoms with Crippen LogP contribution in [-0.4, -0.2) is 75.1 Å². The predicted molar refractivity (Wildman–Crippen MR) is 159 cm³/mol. The summed E-state index contributed by atoms with van der Waals surface area (Å²) in [7, 11) is 1.35. The minimum Gasteiger partial charge on any atom is -0.469 e. The Balaban J connectivity index is 1.30. The smallest absolute Gasteiger partial charge is 0.327 e. The molecule has 0 saturated carbocycles. The first-order chi connectivity index (χ1) is 20.7. The predicted octanol–water partition coefficient (Wildman–Crippen LogP) is 0.869. The van der Waals surface area contributed by atoms with Crippen LogP contribution < -0.4 is 27.2 Å². The average Bonchev–Trinajstić information content (AvgIpc) is 3.53. The van der Waals surface area contributed by atoms with E-state index in [2.05, 4.69) is 25.0 Å². The number of aryl methyl sites for hydroxylation is 1. The minimum absolute atomic E-state index is 0.0451. The van der Waals surface area contributed by atoms with Gasteiger partial charge in [0.2, 0.25) is 11.8 Å². The number of amides is 2. The number of fused-ring (bicyclic) bond motifs is 1. The zero-order valence-electron chi connectivity index (χ0n) is 24.6. The van der Waals surface area contributed by atoms with E-state index in [0.29, 0.717) is 56.7 Å². The van der Waals surface area contributed by atoms with Crippen LogP contribution >= 0.6 is 0 Å². The summed E-state index contributed by atoms with van der Waals surface area (Å²) in [6.45, 7) is 3.77. The molecular weight excluding hydrogens is 556 g/mol. The molecular formula is C29H40N8O6. The number of carbonyl (C=O) groups is 3. The van der Waals surface area contributed by atoms with Gasteiger partial charge in [-0.1, -0.05) is 37.6 Å². The number of nitrogens with one attached hydrogen (secondary N) is 2. The largest absolute Gasteiger partial charge is 0.469 e. The van der Waals surface area contributed by atoms with E-state index in [1.54, 1.807) is 0 Å². The fraction of sp³-hybridized carbons (Fsp3) is 0.517. The number of esters is 1. The van der Waals surface area contributed by atoms with Crippen LogP contribution in [0.25, 0.3) is 11.2 Å². The second-order valence-electron chi connectivity index (χ2n) is 10.7. The number of nitrogens with zero attached hydrogens (tertiary/aromatic N) is 4. The monoisotopic (exact) mass is 596 g/mol. The maximum atomic E-state index is 12.7. The van der Waals surface area contributed by atoms with Gasteiger partial charge in [-0.25, -0.2) is 4.79 Å². The Bertz CT molecular complexity index is 1480. The SMILES string of the molecule is CCCCOc1nc(N)c2[nH]c(=O)n(CCCC3CCN(CC(=O)NCc4ccc(CC(=O)OC)cc4)[C@@H]3C(N)=O)c2n1. The summed E-state index contributed by atoms with van der Waals surface area (Å²) in [6.07, 6.45) is 3.90. The van der Waals surface area contributed by atoms with Crippen molar-refractivity contribution >= 4 is 34.8 Å². The van der Waals surface area contributed by atoms with Crippen LogP contribution in [0, 0.1) is 5.92 Å². The highest BCUT2D eigenvalue weighted by molar-refractivity contribution is 5.83. The van der Waals surface area contributed by atoms with E-state index >= 15 is 0 Å². The highest BCUT2D eigenvalue weighted by Crippen LogP contribution is 2.28. The molecule has 43 heavy (non-hydrogen) atoms. The highest BCUT2D eigenvalue weighted by atomic mass is 16.5. The number of aromatic nitrogens is 4. The number of anilines is 1. The normalized spacial score (nSPS) is 16.8. The number of rotatable bonds is 15. The number of H-pyrrole nitrogens is 1. The molecule has 232 valence electrons. The van der Waals surface area contributed by atoms with Crippen LogP contribution in [0.4, 0.5) is 5.82 Å². The Morgan fingerprint density at radius 2 is 1.88 bits per heavy atom. The molecule has 14 heteroatoms. The summed E-state index contributed by atoms with van der Waals surface area (Å²) in [5.74, 6) is -0.926. The fourth-order valence-corrected chi connectivity index (χ4v) is 5.40. The number of nitrogen functional groups attached to an aromatic ring is 1. The Labute approximate surface area is 249 Å². The van der Waals surface area contributed by atoms with Crippen molar-refractivity contribution in [1.82, 2.24) is 29.7 Å². The number of benzene rings is 1. The van der Waals surface area contributed by atoms with Crippen LogP contribution in [0.15, 0.2) is 29.1 Å². The number of hydrogen-bond acceptors (Lipinski definition) is 10. The number of unbranched alkanes of at least 4 members (excludes halogenated alkanes) is 1. The number of primary amides is 1. The molecule has 2 aromatic heterocycles. The van der Waals surface area contributed by atoms with Crippen molar-refractivity contribution < 1.29 is 23.9 Å². The van der Waals surface area contributed by atoms with Crippen LogP contribution in [0.5, 0.6) is 6.01 Å². The number of aromatic amines is 1. The Kier molecular flexibility index (Phi) is 10.7. The van der Waals surface area contributed by atoms with Gasteiger partial charge in [0, 0.05) is 13.1 Å². The summed E-state index contributed by atoms with van der Waals surface area (Å²) >= 11 is 0. The number of likely N-dealkylation sites (tertiary alicyclic amines) is 1. The molecule has 1 aliphatic rings. The molecule has 1 saturated heterocycles. The number of ether oxygens (including phenoxy) is 2.